The predicted octanol–water partition coefficient (Wildman–Crippen LogP) is 2.68. The van der Waals surface area contributed by atoms with E-state index < -0.39 is 5.82 Å². The van der Waals surface area contributed by atoms with Crippen LogP contribution in [0.3, 0.4) is 0 Å². The number of aromatic amines is 1. The average Bonchev–Trinajstić information content (AvgIpc) is 2.95. The number of halogens is 1. The zero-order valence-electron chi connectivity index (χ0n) is 13.5. The summed E-state index contributed by atoms with van der Waals surface area (Å²) in [5.74, 6) is -1.01. The van der Waals surface area contributed by atoms with Crippen LogP contribution >= 0.6 is 0 Å². The summed E-state index contributed by atoms with van der Waals surface area (Å²) in [5, 5.41) is 2.73. The number of rotatable bonds is 4. The van der Waals surface area contributed by atoms with E-state index in [4.69, 9.17) is 5.73 Å². The Kier molecular flexibility index (Phi) is 3.97. The molecule has 0 saturated carbocycles. The molecular formula is C18H18FN3O2. The lowest BCUT2D eigenvalue weighted by Gasteiger charge is -2.01. The van der Waals surface area contributed by atoms with Crippen LogP contribution in [-0.2, 0) is 16.0 Å². The fourth-order valence-corrected chi connectivity index (χ4v) is 3.03. The molecule has 1 aromatic carbocycles. The summed E-state index contributed by atoms with van der Waals surface area (Å²) in [4.78, 5) is 26.4. The van der Waals surface area contributed by atoms with Crippen molar-refractivity contribution in [3.63, 3.8) is 0 Å². The second-order valence-corrected chi connectivity index (χ2v) is 5.94. The lowest BCUT2D eigenvalue weighted by Crippen LogP contribution is -2.11. The summed E-state index contributed by atoms with van der Waals surface area (Å²) in [6, 6.07) is 4.21. The van der Waals surface area contributed by atoms with Gasteiger partial charge in [0.2, 0.25) is 5.91 Å². The van der Waals surface area contributed by atoms with Crippen LogP contribution in [0.2, 0.25) is 0 Å². The van der Waals surface area contributed by atoms with Crippen molar-refractivity contribution in [1.82, 2.24) is 4.98 Å². The number of primary amides is 1. The number of hydrogen-bond acceptors (Lipinski definition) is 2. The van der Waals surface area contributed by atoms with Crippen LogP contribution in [0.4, 0.5) is 10.1 Å². The van der Waals surface area contributed by atoms with Crippen LogP contribution in [0.1, 0.15) is 34.5 Å². The molecule has 0 fully saturated rings. The number of nitrogens with one attached hydrogen (secondary N) is 2. The Labute approximate surface area is 138 Å². The summed E-state index contributed by atoms with van der Waals surface area (Å²) in [5.41, 5.74) is 10.4. The molecule has 6 heteroatoms. The van der Waals surface area contributed by atoms with Crippen LogP contribution < -0.4 is 11.1 Å². The first-order valence-corrected chi connectivity index (χ1v) is 7.66. The van der Waals surface area contributed by atoms with Crippen molar-refractivity contribution >= 4 is 29.2 Å². The molecule has 0 aliphatic carbocycles. The molecule has 4 N–H and O–H groups in total. The van der Waals surface area contributed by atoms with Crippen LogP contribution in [0.15, 0.2) is 18.2 Å². The molecule has 0 radical (unpaired) electrons. The highest BCUT2D eigenvalue weighted by atomic mass is 19.1. The highest BCUT2D eigenvalue weighted by molar-refractivity contribution is 6.34. The van der Waals surface area contributed by atoms with Gasteiger partial charge in [-0.25, -0.2) is 4.39 Å². The summed E-state index contributed by atoms with van der Waals surface area (Å²) in [7, 11) is 0. The van der Waals surface area contributed by atoms with Gasteiger partial charge in [-0.15, -0.1) is 0 Å². The Morgan fingerprint density at radius 3 is 2.79 bits per heavy atom. The van der Waals surface area contributed by atoms with Crippen molar-refractivity contribution < 1.29 is 14.0 Å². The molecule has 3 rings (SSSR count). The van der Waals surface area contributed by atoms with E-state index in [-0.39, 0.29) is 18.2 Å². The average molecular weight is 327 g/mol. The van der Waals surface area contributed by atoms with Crippen molar-refractivity contribution in [2.75, 3.05) is 5.32 Å². The van der Waals surface area contributed by atoms with Gasteiger partial charge in [0.25, 0.3) is 5.91 Å². The highest BCUT2D eigenvalue weighted by Crippen LogP contribution is 2.34. The lowest BCUT2D eigenvalue weighted by molar-refractivity contribution is -0.118. The van der Waals surface area contributed by atoms with E-state index >= 15 is 0 Å². The standard InChI is InChI=1S/C18H18FN3O2/c1-9-12(4-6-17(20)23)10(2)21-16(9)8-14-13-7-11(19)3-5-15(13)22-18(14)24/h3,5,7-8,21H,4,6H2,1-2H3,(H2,20,23)(H,22,24)/b14-8-. The quantitative estimate of drug-likeness (QED) is 0.754. The highest BCUT2D eigenvalue weighted by Gasteiger charge is 2.25. The molecule has 0 spiro atoms. The van der Waals surface area contributed by atoms with Gasteiger partial charge in [0, 0.05) is 29.1 Å². The molecule has 0 atom stereocenters. The normalized spacial score (nSPS) is 14.8. The van der Waals surface area contributed by atoms with E-state index in [1.807, 2.05) is 13.8 Å². The number of H-pyrrole nitrogens is 1. The molecule has 24 heavy (non-hydrogen) atoms. The third-order valence-corrected chi connectivity index (χ3v) is 4.31. The van der Waals surface area contributed by atoms with Crippen LogP contribution in [0.5, 0.6) is 0 Å². The first-order valence-electron chi connectivity index (χ1n) is 7.66. The number of anilines is 1. The zero-order valence-corrected chi connectivity index (χ0v) is 13.5. The molecule has 0 unspecified atom stereocenters. The second-order valence-electron chi connectivity index (χ2n) is 5.94. The number of aromatic nitrogens is 1. The molecule has 2 amide bonds. The lowest BCUT2D eigenvalue weighted by atomic mass is 10.0. The van der Waals surface area contributed by atoms with Crippen molar-refractivity contribution in [1.29, 1.82) is 0 Å². The maximum Gasteiger partial charge on any atom is 0.256 e. The number of carbonyl (C=O) groups is 2. The zero-order chi connectivity index (χ0) is 17.4. The maximum atomic E-state index is 13.5. The second kappa shape index (κ2) is 5.96. The Hall–Kier alpha value is -2.89. The van der Waals surface area contributed by atoms with E-state index in [0.717, 1.165) is 22.5 Å². The third kappa shape index (κ3) is 2.82. The van der Waals surface area contributed by atoms with Gasteiger partial charge in [-0.1, -0.05) is 0 Å². The Morgan fingerprint density at radius 1 is 1.33 bits per heavy atom. The largest absolute Gasteiger partial charge is 0.370 e. The van der Waals surface area contributed by atoms with Crippen molar-refractivity contribution in [3.8, 4) is 0 Å². The van der Waals surface area contributed by atoms with Gasteiger partial charge in [-0.3, -0.25) is 9.59 Å². The fraction of sp³-hybridized carbons (Fsp3) is 0.222. The molecular weight excluding hydrogens is 309 g/mol. The maximum absolute atomic E-state index is 13.5. The number of benzene rings is 1. The first kappa shape index (κ1) is 16.0. The molecule has 0 saturated heterocycles. The molecule has 1 aliphatic rings. The van der Waals surface area contributed by atoms with E-state index in [1.54, 1.807) is 12.1 Å². The number of amides is 2. The van der Waals surface area contributed by atoms with Gasteiger partial charge in [-0.2, -0.15) is 0 Å². The monoisotopic (exact) mass is 327 g/mol. The number of aryl methyl sites for hydroxylation is 1. The Morgan fingerprint density at radius 2 is 2.08 bits per heavy atom. The van der Waals surface area contributed by atoms with Gasteiger partial charge in [0.1, 0.15) is 5.82 Å². The third-order valence-electron chi connectivity index (χ3n) is 4.31. The van der Waals surface area contributed by atoms with E-state index in [0.29, 0.717) is 23.2 Å². The predicted molar refractivity (Wildman–Crippen MR) is 90.7 cm³/mol. The molecule has 1 aromatic heterocycles. The topological polar surface area (TPSA) is 88.0 Å². The molecule has 0 bridgehead atoms. The smallest absolute Gasteiger partial charge is 0.256 e. The Bertz CT molecular complexity index is 881. The van der Waals surface area contributed by atoms with Gasteiger partial charge in [0.05, 0.1) is 5.57 Å². The minimum absolute atomic E-state index is 0.263. The van der Waals surface area contributed by atoms with Gasteiger partial charge in [-0.05, 0) is 55.7 Å². The molecule has 5 nitrogen and oxygen atoms in total. The van der Waals surface area contributed by atoms with E-state index in [2.05, 4.69) is 10.3 Å². The summed E-state index contributed by atoms with van der Waals surface area (Å²) >= 11 is 0. The number of fused-ring (bicyclic) bond motifs is 1. The minimum Gasteiger partial charge on any atom is -0.370 e. The SMILES string of the molecule is Cc1[nH]c(/C=C2\C(=O)Nc3ccc(F)cc32)c(C)c1CCC(N)=O. The van der Waals surface area contributed by atoms with Crippen LogP contribution in [0, 0.1) is 19.7 Å². The van der Waals surface area contributed by atoms with Crippen molar-refractivity contribution in [3.05, 3.63) is 52.1 Å². The first-order chi connectivity index (χ1) is 11.4. The Balaban J connectivity index is 2.01. The molecule has 124 valence electrons. The number of carbonyl (C=O) groups excluding carboxylic acids is 2. The molecule has 2 heterocycles. The van der Waals surface area contributed by atoms with Crippen molar-refractivity contribution in [2.45, 2.75) is 26.7 Å². The van der Waals surface area contributed by atoms with E-state index in [1.165, 1.54) is 12.1 Å². The summed E-state index contributed by atoms with van der Waals surface area (Å²) in [6.07, 6.45) is 2.53. The molecule has 2 aromatic rings. The fourth-order valence-electron chi connectivity index (χ4n) is 3.03. The summed E-state index contributed by atoms with van der Waals surface area (Å²) in [6.45, 7) is 3.83. The molecule has 1 aliphatic heterocycles. The minimum atomic E-state index is -0.391. The van der Waals surface area contributed by atoms with Gasteiger partial charge < -0.3 is 16.0 Å². The number of hydrogen-bond donors (Lipinski definition) is 3. The van der Waals surface area contributed by atoms with E-state index in [9.17, 15) is 14.0 Å². The van der Waals surface area contributed by atoms with Crippen molar-refractivity contribution in [2.24, 2.45) is 5.73 Å². The summed E-state index contributed by atoms with van der Waals surface area (Å²) < 4.78 is 13.5. The number of nitrogens with two attached hydrogens (primary N) is 1. The van der Waals surface area contributed by atoms with Gasteiger partial charge >= 0.3 is 0 Å². The van der Waals surface area contributed by atoms with Crippen LogP contribution in [0.25, 0.3) is 11.6 Å². The van der Waals surface area contributed by atoms with Gasteiger partial charge in [0.15, 0.2) is 0 Å². The van der Waals surface area contributed by atoms with Crippen LogP contribution in [-0.4, -0.2) is 16.8 Å².